The maximum absolute atomic E-state index is 12.3. The van der Waals surface area contributed by atoms with E-state index in [-0.39, 0.29) is 18.0 Å². The van der Waals surface area contributed by atoms with Gasteiger partial charge in [0.2, 0.25) is 5.91 Å². The van der Waals surface area contributed by atoms with Crippen molar-refractivity contribution in [2.24, 2.45) is 0 Å². The molecule has 2 aromatic carbocycles. The zero-order valence-corrected chi connectivity index (χ0v) is 23.1. The lowest BCUT2D eigenvalue weighted by Gasteiger charge is -2.29. The summed E-state index contributed by atoms with van der Waals surface area (Å²) < 4.78 is 12.6. The number of carbonyl (C=O) groups is 2. The van der Waals surface area contributed by atoms with Gasteiger partial charge in [0.05, 0.1) is 37.2 Å². The van der Waals surface area contributed by atoms with Crippen LogP contribution < -0.4 is 20.3 Å². The second kappa shape index (κ2) is 11.6. The van der Waals surface area contributed by atoms with Crippen molar-refractivity contribution in [2.45, 2.75) is 25.4 Å². The van der Waals surface area contributed by atoms with Crippen LogP contribution in [0.2, 0.25) is 0 Å². The number of hydrogen-bond acceptors (Lipinski definition) is 6. The Morgan fingerprint density at radius 2 is 1.88 bits per heavy atom. The standard InChI is InChI=1S/C30H29N5O4S/c1-4-26(36)32-22-14-13-21(18-25(22)38-2)35-28(27(33-30(35)40)23-11-5-6-15-31-23)24-12-8-16-34(24)20-10-7-9-19(17-20)29(37)39-3/h5-18,27-28H,4H2,1-3H3,(H,32,36)(H,33,40). The number of nitrogens with one attached hydrogen (secondary N) is 2. The minimum absolute atomic E-state index is 0.107. The number of aromatic nitrogens is 2. The molecule has 3 heterocycles. The maximum atomic E-state index is 12.3. The molecule has 0 bridgehead atoms. The van der Waals surface area contributed by atoms with E-state index in [2.05, 4.69) is 15.6 Å². The maximum Gasteiger partial charge on any atom is 0.337 e. The van der Waals surface area contributed by atoms with Gasteiger partial charge in [-0.15, -0.1) is 0 Å². The van der Waals surface area contributed by atoms with Crippen molar-refractivity contribution in [3.05, 3.63) is 102 Å². The molecule has 0 radical (unpaired) electrons. The number of thiocarbonyl (C=S) groups is 1. The number of pyridine rings is 1. The highest BCUT2D eigenvalue weighted by atomic mass is 32.1. The predicted molar refractivity (Wildman–Crippen MR) is 157 cm³/mol. The Bertz CT molecular complexity index is 1550. The summed E-state index contributed by atoms with van der Waals surface area (Å²) in [7, 11) is 2.93. The first-order valence-corrected chi connectivity index (χ1v) is 13.2. The molecule has 0 aliphatic carbocycles. The van der Waals surface area contributed by atoms with Crippen molar-refractivity contribution in [1.29, 1.82) is 0 Å². The third-order valence-electron chi connectivity index (χ3n) is 6.79. The number of amides is 1. The summed E-state index contributed by atoms with van der Waals surface area (Å²) in [4.78, 5) is 31.0. The fourth-order valence-corrected chi connectivity index (χ4v) is 5.22. The van der Waals surface area contributed by atoms with Crippen molar-refractivity contribution in [2.75, 3.05) is 24.4 Å². The molecule has 1 aliphatic heterocycles. The van der Waals surface area contributed by atoms with Crippen LogP contribution in [0.25, 0.3) is 5.69 Å². The van der Waals surface area contributed by atoms with Crippen molar-refractivity contribution in [1.82, 2.24) is 14.9 Å². The largest absolute Gasteiger partial charge is 0.494 e. The van der Waals surface area contributed by atoms with E-state index in [1.54, 1.807) is 32.4 Å². The number of anilines is 2. The average molecular weight is 556 g/mol. The number of hydrogen-bond donors (Lipinski definition) is 2. The van der Waals surface area contributed by atoms with E-state index in [4.69, 9.17) is 21.7 Å². The number of benzene rings is 2. The molecule has 1 amide bonds. The summed E-state index contributed by atoms with van der Waals surface area (Å²) in [5.74, 6) is 0.00224. The van der Waals surface area contributed by atoms with Crippen LogP contribution in [-0.4, -0.2) is 40.8 Å². The van der Waals surface area contributed by atoms with Crippen molar-refractivity contribution in [3.63, 3.8) is 0 Å². The molecular weight excluding hydrogens is 526 g/mol. The van der Waals surface area contributed by atoms with Gasteiger partial charge in [-0.1, -0.05) is 19.1 Å². The van der Waals surface area contributed by atoms with E-state index >= 15 is 0 Å². The number of nitrogens with zero attached hydrogens (tertiary/aromatic N) is 3. The third kappa shape index (κ3) is 5.13. The van der Waals surface area contributed by atoms with Gasteiger partial charge in [0.1, 0.15) is 11.8 Å². The molecule has 0 spiro atoms. The minimum atomic E-state index is -0.408. The highest BCUT2D eigenvalue weighted by Crippen LogP contribution is 2.44. The summed E-state index contributed by atoms with van der Waals surface area (Å²) in [6, 6.07) is 22.0. The van der Waals surface area contributed by atoms with Gasteiger partial charge in [0.15, 0.2) is 5.11 Å². The van der Waals surface area contributed by atoms with Crippen LogP contribution in [0, 0.1) is 0 Å². The fraction of sp³-hybridized carbons (Fsp3) is 0.200. The van der Waals surface area contributed by atoms with Crippen LogP contribution in [0.1, 0.15) is 47.2 Å². The fourth-order valence-electron chi connectivity index (χ4n) is 4.88. The Morgan fingerprint density at radius 3 is 2.60 bits per heavy atom. The van der Waals surface area contributed by atoms with Gasteiger partial charge in [-0.25, -0.2) is 4.79 Å². The first kappa shape index (κ1) is 26.9. The number of rotatable bonds is 8. The Labute approximate surface area is 237 Å². The molecule has 2 N–H and O–H groups in total. The van der Waals surface area contributed by atoms with E-state index in [0.29, 0.717) is 28.5 Å². The molecule has 40 heavy (non-hydrogen) atoms. The average Bonchev–Trinajstić information content (AvgIpc) is 3.61. The van der Waals surface area contributed by atoms with Crippen LogP contribution in [0.3, 0.4) is 0 Å². The topological polar surface area (TPSA) is 97.7 Å². The Morgan fingerprint density at radius 1 is 1.02 bits per heavy atom. The summed E-state index contributed by atoms with van der Waals surface area (Å²) in [5, 5.41) is 6.86. The van der Waals surface area contributed by atoms with Crippen LogP contribution in [0.15, 0.2) is 85.2 Å². The molecule has 1 fully saturated rings. The first-order valence-electron chi connectivity index (χ1n) is 12.8. The number of carbonyl (C=O) groups excluding carboxylic acids is 2. The molecule has 204 valence electrons. The van der Waals surface area contributed by atoms with E-state index in [1.807, 2.05) is 76.3 Å². The number of methoxy groups -OCH3 is 2. The summed E-state index contributed by atoms with van der Waals surface area (Å²) in [6.45, 7) is 1.79. The molecule has 2 unspecified atom stereocenters. The quantitative estimate of drug-likeness (QED) is 0.226. The third-order valence-corrected chi connectivity index (χ3v) is 7.10. The van der Waals surface area contributed by atoms with E-state index in [9.17, 15) is 9.59 Å². The second-order valence-corrected chi connectivity index (χ2v) is 9.51. The van der Waals surface area contributed by atoms with Gasteiger partial charge in [-0.3, -0.25) is 9.78 Å². The smallest absolute Gasteiger partial charge is 0.337 e. The van der Waals surface area contributed by atoms with E-state index in [0.717, 1.165) is 22.8 Å². The van der Waals surface area contributed by atoms with Gasteiger partial charge >= 0.3 is 5.97 Å². The molecule has 1 aliphatic rings. The second-order valence-electron chi connectivity index (χ2n) is 9.13. The van der Waals surface area contributed by atoms with Crippen molar-refractivity contribution < 1.29 is 19.1 Å². The highest BCUT2D eigenvalue weighted by Gasteiger charge is 2.42. The Balaban J connectivity index is 1.63. The van der Waals surface area contributed by atoms with Gasteiger partial charge < -0.3 is 29.6 Å². The molecule has 0 saturated carbocycles. The summed E-state index contributed by atoms with van der Waals surface area (Å²) in [6.07, 6.45) is 4.06. The normalized spacial score (nSPS) is 16.4. The molecule has 2 aromatic heterocycles. The van der Waals surface area contributed by atoms with Crippen molar-refractivity contribution >= 4 is 40.6 Å². The van der Waals surface area contributed by atoms with Crippen molar-refractivity contribution in [3.8, 4) is 11.4 Å². The van der Waals surface area contributed by atoms with Crippen LogP contribution >= 0.6 is 12.2 Å². The monoisotopic (exact) mass is 555 g/mol. The zero-order valence-electron chi connectivity index (χ0n) is 22.3. The molecule has 5 rings (SSSR count). The molecule has 9 nitrogen and oxygen atoms in total. The minimum Gasteiger partial charge on any atom is -0.494 e. The molecule has 2 atom stereocenters. The predicted octanol–water partition coefficient (Wildman–Crippen LogP) is 5.19. The van der Waals surface area contributed by atoms with E-state index < -0.39 is 5.97 Å². The number of ether oxygens (including phenoxy) is 2. The van der Waals surface area contributed by atoms with E-state index in [1.165, 1.54) is 7.11 Å². The Kier molecular flexibility index (Phi) is 7.79. The van der Waals surface area contributed by atoms with Crippen LogP contribution in [0.4, 0.5) is 11.4 Å². The lowest BCUT2D eigenvalue weighted by Crippen LogP contribution is -2.30. The molecule has 4 aromatic rings. The zero-order chi connectivity index (χ0) is 28.2. The SMILES string of the molecule is CCC(=O)Nc1ccc(N2C(=S)NC(c3ccccn3)C2c2cccn2-c2cccc(C(=O)OC)c2)cc1OC. The Hall–Kier alpha value is -4.70. The van der Waals surface area contributed by atoms with Gasteiger partial charge in [0.25, 0.3) is 0 Å². The van der Waals surface area contributed by atoms with Gasteiger partial charge in [-0.05, 0) is 66.8 Å². The molecule has 10 heteroatoms. The lowest BCUT2D eigenvalue weighted by atomic mass is 10.0. The highest BCUT2D eigenvalue weighted by molar-refractivity contribution is 7.80. The molecule has 1 saturated heterocycles. The lowest BCUT2D eigenvalue weighted by molar-refractivity contribution is -0.115. The number of esters is 1. The van der Waals surface area contributed by atoms with Gasteiger partial charge in [0, 0.05) is 41.9 Å². The first-order chi connectivity index (χ1) is 19.4. The van der Waals surface area contributed by atoms with Crippen LogP contribution in [0.5, 0.6) is 5.75 Å². The van der Waals surface area contributed by atoms with Crippen LogP contribution in [-0.2, 0) is 9.53 Å². The summed E-state index contributed by atoms with van der Waals surface area (Å²) in [5.41, 5.74) is 4.36. The van der Waals surface area contributed by atoms with Gasteiger partial charge in [-0.2, -0.15) is 0 Å². The summed E-state index contributed by atoms with van der Waals surface area (Å²) >= 11 is 5.89. The molecular formula is C30H29N5O4S.